The van der Waals surface area contributed by atoms with Crippen molar-refractivity contribution >= 4 is 17.4 Å². The first-order chi connectivity index (χ1) is 8.10. The molecule has 17 heavy (non-hydrogen) atoms. The van der Waals surface area contributed by atoms with Crippen LogP contribution < -0.4 is 16.2 Å². The molecule has 0 unspecified atom stereocenters. The second kappa shape index (κ2) is 4.47. The molecule has 0 aliphatic rings. The topological polar surface area (TPSA) is 81.0 Å². The smallest absolute Gasteiger partial charge is 0.347 e. The first-order valence-electron chi connectivity index (χ1n) is 4.81. The highest BCUT2D eigenvalue weighted by molar-refractivity contribution is 6.30. The van der Waals surface area contributed by atoms with Gasteiger partial charge in [0.1, 0.15) is 11.6 Å². The van der Waals surface area contributed by atoms with Crippen LogP contribution >= 0.6 is 11.6 Å². The van der Waals surface area contributed by atoms with Gasteiger partial charge in [-0.2, -0.15) is 4.98 Å². The second-order valence-electron chi connectivity index (χ2n) is 3.37. The van der Waals surface area contributed by atoms with Crippen LogP contribution in [0.4, 0.5) is 5.82 Å². The molecule has 0 amide bonds. The lowest BCUT2D eigenvalue weighted by Crippen LogP contribution is -2.13. The quantitative estimate of drug-likeness (QED) is 0.851. The van der Waals surface area contributed by atoms with E-state index in [1.54, 1.807) is 24.3 Å². The summed E-state index contributed by atoms with van der Waals surface area (Å²) >= 11 is 5.91. The molecule has 0 radical (unpaired) electrons. The molecule has 88 valence electrons. The highest BCUT2D eigenvalue weighted by Crippen LogP contribution is 2.31. The third kappa shape index (κ3) is 2.39. The van der Waals surface area contributed by atoms with Crippen molar-refractivity contribution in [3.8, 4) is 17.0 Å². The minimum atomic E-state index is -0.512. The fourth-order valence-corrected chi connectivity index (χ4v) is 1.68. The van der Waals surface area contributed by atoms with Crippen molar-refractivity contribution < 1.29 is 4.74 Å². The van der Waals surface area contributed by atoms with E-state index in [1.807, 2.05) is 0 Å². The number of methoxy groups -OCH3 is 1. The Bertz CT molecular complexity index is 610. The van der Waals surface area contributed by atoms with E-state index in [0.717, 1.165) is 0 Å². The lowest BCUT2D eigenvalue weighted by Gasteiger charge is -2.08. The van der Waals surface area contributed by atoms with Gasteiger partial charge in [0.2, 0.25) is 0 Å². The summed E-state index contributed by atoms with van der Waals surface area (Å²) in [5, 5.41) is 0.539. The zero-order chi connectivity index (χ0) is 12.4. The predicted octanol–water partition coefficient (Wildman–Crippen LogP) is 1.68. The van der Waals surface area contributed by atoms with Gasteiger partial charge in [0.25, 0.3) is 0 Å². The molecule has 0 aliphatic heterocycles. The van der Waals surface area contributed by atoms with Crippen LogP contribution in [0.1, 0.15) is 0 Å². The fourth-order valence-electron chi connectivity index (χ4n) is 1.51. The van der Waals surface area contributed by atoms with Crippen molar-refractivity contribution in [3.05, 3.63) is 39.8 Å². The van der Waals surface area contributed by atoms with E-state index in [9.17, 15) is 4.79 Å². The minimum Gasteiger partial charge on any atom is -0.496 e. The molecular formula is C11H10ClN3O2. The number of nitrogens with one attached hydrogen (secondary N) is 1. The highest BCUT2D eigenvalue weighted by atomic mass is 35.5. The van der Waals surface area contributed by atoms with Crippen LogP contribution in [0.25, 0.3) is 11.3 Å². The molecule has 5 nitrogen and oxygen atoms in total. The van der Waals surface area contributed by atoms with E-state index in [2.05, 4.69) is 9.97 Å². The number of H-pyrrole nitrogens is 1. The molecule has 0 fully saturated rings. The Morgan fingerprint density at radius 1 is 1.41 bits per heavy atom. The summed E-state index contributed by atoms with van der Waals surface area (Å²) < 4.78 is 5.19. The monoisotopic (exact) mass is 251 g/mol. The van der Waals surface area contributed by atoms with Gasteiger partial charge >= 0.3 is 5.69 Å². The van der Waals surface area contributed by atoms with Crippen LogP contribution in [0.2, 0.25) is 5.02 Å². The Morgan fingerprint density at radius 2 is 2.18 bits per heavy atom. The number of halogens is 1. The number of nitrogen functional groups attached to an aromatic ring is 1. The lowest BCUT2D eigenvalue weighted by atomic mass is 10.1. The normalized spacial score (nSPS) is 10.2. The van der Waals surface area contributed by atoms with Gasteiger partial charge in [0.15, 0.2) is 0 Å². The number of benzene rings is 1. The Labute approximate surface area is 102 Å². The van der Waals surface area contributed by atoms with E-state index >= 15 is 0 Å². The lowest BCUT2D eigenvalue weighted by molar-refractivity contribution is 0.416. The van der Waals surface area contributed by atoms with E-state index in [4.69, 9.17) is 22.1 Å². The van der Waals surface area contributed by atoms with Crippen LogP contribution in [0, 0.1) is 0 Å². The van der Waals surface area contributed by atoms with Gasteiger partial charge in [0.05, 0.1) is 12.8 Å². The number of aromatic amines is 1. The molecule has 0 saturated carbocycles. The van der Waals surface area contributed by atoms with Gasteiger partial charge < -0.3 is 15.5 Å². The molecule has 3 N–H and O–H groups in total. The Morgan fingerprint density at radius 3 is 2.82 bits per heavy atom. The summed E-state index contributed by atoms with van der Waals surface area (Å²) in [7, 11) is 1.54. The summed E-state index contributed by atoms with van der Waals surface area (Å²) in [4.78, 5) is 17.4. The molecule has 0 saturated heterocycles. The summed E-state index contributed by atoms with van der Waals surface area (Å²) in [6.07, 6.45) is 0. The Kier molecular flexibility index (Phi) is 3.01. The Balaban J connectivity index is 2.66. The molecule has 0 bridgehead atoms. The number of rotatable bonds is 2. The molecule has 1 aromatic carbocycles. The summed E-state index contributed by atoms with van der Waals surface area (Å²) in [5.74, 6) is 0.737. The van der Waals surface area contributed by atoms with Crippen molar-refractivity contribution in [3.63, 3.8) is 0 Å². The van der Waals surface area contributed by atoms with Gasteiger partial charge in [-0.15, -0.1) is 0 Å². The molecule has 1 heterocycles. The number of nitrogens with two attached hydrogens (primary N) is 1. The fraction of sp³-hybridized carbons (Fsp3) is 0.0909. The first kappa shape index (κ1) is 11.5. The van der Waals surface area contributed by atoms with Crippen molar-refractivity contribution in [1.82, 2.24) is 9.97 Å². The van der Waals surface area contributed by atoms with Crippen LogP contribution in [-0.4, -0.2) is 17.1 Å². The molecule has 0 aliphatic carbocycles. The standard InChI is InChI=1S/C11H10ClN3O2/c1-17-9-3-2-6(12)4-7(9)8-5-10(13)15-11(16)14-8/h2-5H,1H3,(H3,13,14,15,16). The SMILES string of the molecule is COc1ccc(Cl)cc1-c1cc(N)nc(=O)[nH]1. The second-order valence-corrected chi connectivity index (χ2v) is 3.81. The molecule has 6 heteroatoms. The number of ether oxygens (including phenoxy) is 1. The number of nitrogens with zero attached hydrogens (tertiary/aromatic N) is 1. The van der Waals surface area contributed by atoms with Crippen molar-refractivity contribution in [2.45, 2.75) is 0 Å². The maximum absolute atomic E-state index is 11.2. The number of hydrogen-bond acceptors (Lipinski definition) is 4. The third-order valence-corrected chi connectivity index (χ3v) is 2.45. The van der Waals surface area contributed by atoms with Crippen LogP contribution in [-0.2, 0) is 0 Å². The Hall–Kier alpha value is -2.01. The third-order valence-electron chi connectivity index (χ3n) is 2.22. The maximum Gasteiger partial charge on any atom is 0.347 e. The van der Waals surface area contributed by atoms with Crippen LogP contribution in [0.3, 0.4) is 0 Å². The van der Waals surface area contributed by atoms with Gasteiger partial charge in [0, 0.05) is 16.7 Å². The van der Waals surface area contributed by atoms with Crippen molar-refractivity contribution in [2.75, 3.05) is 12.8 Å². The largest absolute Gasteiger partial charge is 0.496 e. The molecule has 0 spiro atoms. The van der Waals surface area contributed by atoms with Crippen LogP contribution in [0.15, 0.2) is 29.1 Å². The van der Waals surface area contributed by atoms with Crippen molar-refractivity contribution in [1.29, 1.82) is 0 Å². The van der Waals surface area contributed by atoms with E-state index < -0.39 is 5.69 Å². The minimum absolute atomic E-state index is 0.144. The highest BCUT2D eigenvalue weighted by Gasteiger charge is 2.08. The maximum atomic E-state index is 11.2. The van der Waals surface area contributed by atoms with Crippen molar-refractivity contribution in [2.24, 2.45) is 0 Å². The molecule has 2 rings (SSSR count). The van der Waals surface area contributed by atoms with Gasteiger partial charge in [-0.05, 0) is 18.2 Å². The molecule has 2 aromatic rings. The summed E-state index contributed by atoms with van der Waals surface area (Å²) in [6.45, 7) is 0. The molecule has 1 aromatic heterocycles. The van der Waals surface area contributed by atoms with Gasteiger partial charge in [-0.1, -0.05) is 11.6 Å². The van der Waals surface area contributed by atoms with Crippen LogP contribution in [0.5, 0.6) is 5.75 Å². The molecule has 0 atom stereocenters. The predicted molar refractivity (Wildman–Crippen MR) is 66.3 cm³/mol. The van der Waals surface area contributed by atoms with Gasteiger partial charge in [-0.25, -0.2) is 4.79 Å². The number of hydrogen-bond donors (Lipinski definition) is 2. The summed E-state index contributed by atoms with van der Waals surface area (Å²) in [5.41, 5.74) is 6.18. The van der Waals surface area contributed by atoms with E-state index in [0.29, 0.717) is 22.0 Å². The van der Waals surface area contributed by atoms with E-state index in [-0.39, 0.29) is 5.82 Å². The average molecular weight is 252 g/mol. The van der Waals surface area contributed by atoms with Gasteiger partial charge in [-0.3, -0.25) is 0 Å². The number of anilines is 1. The summed E-state index contributed by atoms with van der Waals surface area (Å²) in [6, 6.07) is 6.65. The zero-order valence-corrected chi connectivity index (χ0v) is 9.78. The number of aromatic nitrogens is 2. The van der Waals surface area contributed by atoms with E-state index in [1.165, 1.54) is 7.11 Å². The molecular weight excluding hydrogens is 242 g/mol. The first-order valence-corrected chi connectivity index (χ1v) is 5.18. The zero-order valence-electron chi connectivity index (χ0n) is 9.03. The average Bonchev–Trinajstić information content (AvgIpc) is 2.27.